The molecule has 1 aromatic heterocycles. The van der Waals surface area contributed by atoms with E-state index in [1.807, 2.05) is 6.07 Å². The lowest BCUT2D eigenvalue weighted by Gasteiger charge is -2.08. The average molecular weight is 241 g/mol. The van der Waals surface area contributed by atoms with Gasteiger partial charge in [-0.05, 0) is 36.5 Å². The number of nitriles is 1. The zero-order chi connectivity index (χ0) is 13.1. The number of nitrogens with zero attached hydrogens (tertiary/aromatic N) is 1. The average Bonchev–Trinajstić information content (AvgIpc) is 2.75. The topological polar surface area (TPSA) is 36.9 Å². The minimum Gasteiger partial charge on any atom is -0.445 e. The van der Waals surface area contributed by atoms with E-state index in [9.17, 15) is 0 Å². The number of aryl methyl sites for hydroxylation is 1. The maximum Gasteiger partial charge on any atom is 0.207 e. The molecule has 1 aromatic carbocycles. The lowest BCUT2D eigenvalue weighted by atomic mass is 9.96. The molecule has 0 saturated heterocycles. The zero-order valence-electron chi connectivity index (χ0n) is 11.3. The van der Waals surface area contributed by atoms with Crippen LogP contribution in [0.15, 0.2) is 22.6 Å². The minimum atomic E-state index is 0.480. The SMILES string of the molecule is CCCc1c(C#N)oc2ccc(C(C)CC)cc12. The molecule has 0 aliphatic carbocycles. The van der Waals surface area contributed by atoms with Crippen molar-refractivity contribution in [3.63, 3.8) is 0 Å². The van der Waals surface area contributed by atoms with Gasteiger partial charge in [0.25, 0.3) is 0 Å². The van der Waals surface area contributed by atoms with Gasteiger partial charge in [-0.25, -0.2) is 0 Å². The van der Waals surface area contributed by atoms with Crippen LogP contribution in [0.2, 0.25) is 0 Å². The lowest BCUT2D eigenvalue weighted by molar-refractivity contribution is 0.592. The first-order valence-electron chi connectivity index (χ1n) is 6.66. The van der Waals surface area contributed by atoms with E-state index >= 15 is 0 Å². The van der Waals surface area contributed by atoms with E-state index in [1.54, 1.807) is 0 Å². The molecule has 0 spiro atoms. The summed E-state index contributed by atoms with van der Waals surface area (Å²) in [5.41, 5.74) is 3.23. The van der Waals surface area contributed by atoms with E-state index in [2.05, 4.69) is 39.0 Å². The lowest BCUT2D eigenvalue weighted by Crippen LogP contribution is -1.91. The van der Waals surface area contributed by atoms with E-state index < -0.39 is 0 Å². The summed E-state index contributed by atoms with van der Waals surface area (Å²) >= 11 is 0. The number of furan rings is 1. The van der Waals surface area contributed by atoms with Crippen molar-refractivity contribution in [1.29, 1.82) is 5.26 Å². The Bertz CT molecular complexity index is 589. The number of rotatable bonds is 4. The van der Waals surface area contributed by atoms with Crippen LogP contribution in [0.4, 0.5) is 0 Å². The normalized spacial score (nSPS) is 12.6. The highest BCUT2D eigenvalue weighted by atomic mass is 16.3. The Labute approximate surface area is 108 Å². The maximum absolute atomic E-state index is 9.13. The highest BCUT2D eigenvalue weighted by molar-refractivity contribution is 5.84. The quantitative estimate of drug-likeness (QED) is 0.773. The molecule has 18 heavy (non-hydrogen) atoms. The smallest absolute Gasteiger partial charge is 0.207 e. The number of fused-ring (bicyclic) bond motifs is 1. The van der Waals surface area contributed by atoms with E-state index in [1.165, 1.54) is 5.56 Å². The fraction of sp³-hybridized carbons (Fsp3) is 0.438. The Kier molecular flexibility index (Phi) is 3.72. The second kappa shape index (κ2) is 5.27. The van der Waals surface area contributed by atoms with Gasteiger partial charge in [0.1, 0.15) is 11.7 Å². The predicted octanol–water partition coefficient (Wildman–Crippen LogP) is 4.77. The molecule has 94 valence electrons. The Hall–Kier alpha value is -1.75. The van der Waals surface area contributed by atoms with Gasteiger partial charge in [0, 0.05) is 10.9 Å². The molecule has 0 aliphatic heterocycles. The van der Waals surface area contributed by atoms with Crippen molar-refractivity contribution in [1.82, 2.24) is 0 Å². The van der Waals surface area contributed by atoms with Crippen LogP contribution in [0, 0.1) is 11.3 Å². The Morgan fingerprint density at radius 3 is 2.72 bits per heavy atom. The fourth-order valence-corrected chi connectivity index (χ4v) is 2.30. The molecule has 2 heteroatoms. The number of hydrogen-bond acceptors (Lipinski definition) is 2. The molecule has 0 fully saturated rings. The minimum absolute atomic E-state index is 0.480. The van der Waals surface area contributed by atoms with E-state index in [-0.39, 0.29) is 0 Å². The highest BCUT2D eigenvalue weighted by Crippen LogP contribution is 2.30. The van der Waals surface area contributed by atoms with Gasteiger partial charge in [-0.1, -0.05) is 33.3 Å². The molecule has 1 heterocycles. The van der Waals surface area contributed by atoms with E-state index in [0.29, 0.717) is 11.7 Å². The van der Waals surface area contributed by atoms with Gasteiger partial charge in [-0.15, -0.1) is 0 Å². The summed E-state index contributed by atoms with van der Waals surface area (Å²) in [7, 11) is 0. The molecule has 1 atom stereocenters. The molecule has 2 aromatic rings. The third kappa shape index (κ3) is 2.13. The highest BCUT2D eigenvalue weighted by Gasteiger charge is 2.14. The first-order chi connectivity index (χ1) is 8.71. The van der Waals surface area contributed by atoms with Crippen LogP contribution in [0.1, 0.15) is 56.4 Å². The fourth-order valence-electron chi connectivity index (χ4n) is 2.30. The predicted molar refractivity (Wildman–Crippen MR) is 73.6 cm³/mol. The number of benzene rings is 1. The number of hydrogen-bond donors (Lipinski definition) is 0. The van der Waals surface area contributed by atoms with Crippen molar-refractivity contribution in [3.8, 4) is 6.07 Å². The monoisotopic (exact) mass is 241 g/mol. The summed E-state index contributed by atoms with van der Waals surface area (Å²) in [6.07, 6.45) is 3.05. The third-order valence-electron chi connectivity index (χ3n) is 3.60. The van der Waals surface area contributed by atoms with Crippen LogP contribution < -0.4 is 0 Å². The van der Waals surface area contributed by atoms with Crippen molar-refractivity contribution < 1.29 is 4.42 Å². The molecule has 2 nitrogen and oxygen atoms in total. The first-order valence-corrected chi connectivity index (χ1v) is 6.66. The Morgan fingerprint density at radius 2 is 2.11 bits per heavy atom. The van der Waals surface area contributed by atoms with Crippen molar-refractivity contribution in [2.24, 2.45) is 0 Å². The molecule has 0 aliphatic rings. The summed E-state index contributed by atoms with van der Waals surface area (Å²) in [4.78, 5) is 0. The maximum atomic E-state index is 9.13. The van der Waals surface area contributed by atoms with E-state index in [0.717, 1.165) is 35.8 Å². The molecular weight excluding hydrogens is 222 g/mol. The Morgan fingerprint density at radius 1 is 1.33 bits per heavy atom. The van der Waals surface area contributed by atoms with Crippen LogP contribution in [0.3, 0.4) is 0 Å². The van der Waals surface area contributed by atoms with Crippen molar-refractivity contribution in [2.75, 3.05) is 0 Å². The summed E-state index contributed by atoms with van der Waals surface area (Å²) in [5, 5.41) is 10.2. The molecule has 2 rings (SSSR count). The Balaban J connectivity index is 2.60. The van der Waals surface area contributed by atoms with Gasteiger partial charge < -0.3 is 4.42 Å². The van der Waals surface area contributed by atoms with Gasteiger partial charge in [0.15, 0.2) is 0 Å². The summed E-state index contributed by atoms with van der Waals surface area (Å²) in [5.74, 6) is 1.03. The van der Waals surface area contributed by atoms with Crippen LogP contribution in [-0.4, -0.2) is 0 Å². The van der Waals surface area contributed by atoms with Gasteiger partial charge in [-0.2, -0.15) is 5.26 Å². The van der Waals surface area contributed by atoms with Gasteiger partial charge in [0.05, 0.1) is 0 Å². The van der Waals surface area contributed by atoms with Crippen molar-refractivity contribution in [3.05, 3.63) is 35.1 Å². The third-order valence-corrected chi connectivity index (χ3v) is 3.60. The van der Waals surface area contributed by atoms with Gasteiger partial charge in [0.2, 0.25) is 5.76 Å². The summed E-state index contributed by atoms with van der Waals surface area (Å²) in [6, 6.07) is 8.46. The van der Waals surface area contributed by atoms with Gasteiger partial charge in [-0.3, -0.25) is 0 Å². The standard InChI is InChI=1S/C16H19NO/c1-4-6-13-14-9-12(11(3)5-2)7-8-15(14)18-16(13)10-17/h7-9,11H,4-6H2,1-3H3. The second-order valence-corrected chi connectivity index (χ2v) is 4.84. The molecule has 0 amide bonds. The molecule has 1 unspecified atom stereocenters. The molecule has 0 bridgehead atoms. The summed E-state index contributed by atoms with van der Waals surface area (Å²) < 4.78 is 5.61. The first kappa shape index (κ1) is 12.7. The zero-order valence-corrected chi connectivity index (χ0v) is 11.3. The largest absolute Gasteiger partial charge is 0.445 e. The van der Waals surface area contributed by atoms with Crippen molar-refractivity contribution in [2.45, 2.75) is 46.0 Å². The second-order valence-electron chi connectivity index (χ2n) is 4.84. The van der Waals surface area contributed by atoms with Crippen LogP contribution >= 0.6 is 0 Å². The van der Waals surface area contributed by atoms with Crippen LogP contribution in [-0.2, 0) is 6.42 Å². The molecule has 0 radical (unpaired) electrons. The molecular formula is C16H19NO. The van der Waals surface area contributed by atoms with Gasteiger partial charge >= 0.3 is 0 Å². The van der Waals surface area contributed by atoms with Crippen LogP contribution in [0.25, 0.3) is 11.0 Å². The summed E-state index contributed by atoms with van der Waals surface area (Å²) in [6.45, 7) is 6.54. The molecule has 0 N–H and O–H groups in total. The van der Waals surface area contributed by atoms with Crippen molar-refractivity contribution >= 4 is 11.0 Å². The van der Waals surface area contributed by atoms with E-state index in [4.69, 9.17) is 9.68 Å². The molecule has 0 saturated carbocycles. The van der Waals surface area contributed by atoms with Crippen LogP contribution in [0.5, 0.6) is 0 Å².